The van der Waals surface area contributed by atoms with Gasteiger partial charge < -0.3 is 5.73 Å². The fourth-order valence-corrected chi connectivity index (χ4v) is 1.66. The van der Waals surface area contributed by atoms with Crippen LogP contribution in [-0.2, 0) is 7.05 Å². The second kappa shape index (κ2) is 4.06. The van der Waals surface area contributed by atoms with E-state index in [9.17, 15) is 4.39 Å². The van der Waals surface area contributed by atoms with Gasteiger partial charge in [0, 0.05) is 24.8 Å². The van der Waals surface area contributed by atoms with E-state index in [1.54, 1.807) is 36.1 Å². The lowest BCUT2D eigenvalue weighted by Crippen LogP contribution is -2.06. The Hall–Kier alpha value is -1.68. The molecule has 1 aromatic heterocycles. The number of benzene rings is 1. The van der Waals surface area contributed by atoms with Crippen molar-refractivity contribution >= 4 is 0 Å². The summed E-state index contributed by atoms with van der Waals surface area (Å²) in [7, 11) is 1.79. The third kappa shape index (κ3) is 1.84. The van der Waals surface area contributed by atoms with Crippen LogP contribution in [0.4, 0.5) is 4.39 Å². The molecule has 0 aliphatic carbocycles. The van der Waals surface area contributed by atoms with Crippen LogP contribution >= 0.6 is 0 Å². The number of nitrogens with two attached hydrogens (primary N) is 1. The second-order valence-corrected chi connectivity index (χ2v) is 3.87. The van der Waals surface area contributed by atoms with E-state index in [1.165, 1.54) is 6.07 Å². The lowest BCUT2D eigenvalue weighted by Gasteiger charge is -2.09. The number of nitrogens with zero attached hydrogens (tertiary/aromatic N) is 2. The van der Waals surface area contributed by atoms with E-state index in [4.69, 9.17) is 5.73 Å². The van der Waals surface area contributed by atoms with Crippen LogP contribution in [0, 0.1) is 5.82 Å². The molecule has 0 bridgehead atoms. The van der Waals surface area contributed by atoms with Crippen molar-refractivity contribution in [2.24, 2.45) is 12.8 Å². The van der Waals surface area contributed by atoms with E-state index >= 15 is 0 Å². The summed E-state index contributed by atoms with van der Waals surface area (Å²) in [5, 5.41) is 4.03. The predicted molar refractivity (Wildman–Crippen MR) is 61.2 cm³/mol. The minimum absolute atomic E-state index is 0.104. The molecule has 84 valence electrons. The van der Waals surface area contributed by atoms with Crippen molar-refractivity contribution in [2.45, 2.75) is 13.0 Å². The summed E-state index contributed by atoms with van der Waals surface area (Å²) in [5.74, 6) is -0.256. The summed E-state index contributed by atoms with van der Waals surface area (Å²) >= 11 is 0. The summed E-state index contributed by atoms with van der Waals surface area (Å²) < 4.78 is 15.3. The average molecular weight is 219 g/mol. The Morgan fingerprint density at radius 2 is 2.12 bits per heavy atom. The topological polar surface area (TPSA) is 43.8 Å². The fourth-order valence-electron chi connectivity index (χ4n) is 1.66. The molecular weight excluding hydrogens is 205 g/mol. The highest BCUT2D eigenvalue weighted by Gasteiger charge is 2.10. The lowest BCUT2D eigenvalue weighted by atomic mass is 10.0. The van der Waals surface area contributed by atoms with Crippen LogP contribution < -0.4 is 5.73 Å². The monoisotopic (exact) mass is 219 g/mol. The Morgan fingerprint density at radius 1 is 1.38 bits per heavy atom. The Bertz CT molecular complexity index is 503. The number of aryl methyl sites for hydroxylation is 1. The van der Waals surface area contributed by atoms with Crippen molar-refractivity contribution < 1.29 is 4.39 Å². The first-order chi connectivity index (χ1) is 7.59. The Kier molecular flexibility index (Phi) is 2.75. The first-order valence-electron chi connectivity index (χ1n) is 5.13. The number of hydrogen-bond acceptors (Lipinski definition) is 2. The van der Waals surface area contributed by atoms with E-state index in [1.807, 2.05) is 6.92 Å². The van der Waals surface area contributed by atoms with Gasteiger partial charge in [0.15, 0.2) is 0 Å². The SMILES string of the molecule is CC(N)c1ccc(F)c(-c2ccnn2C)c1. The van der Waals surface area contributed by atoms with Crippen LogP contribution in [0.15, 0.2) is 30.5 Å². The van der Waals surface area contributed by atoms with Gasteiger partial charge in [0.2, 0.25) is 0 Å². The molecule has 1 aromatic carbocycles. The highest BCUT2D eigenvalue weighted by molar-refractivity contribution is 5.61. The maximum absolute atomic E-state index is 13.7. The molecule has 3 nitrogen and oxygen atoms in total. The molecule has 2 N–H and O–H groups in total. The summed E-state index contributed by atoms with van der Waals surface area (Å²) in [5.41, 5.74) is 7.98. The molecule has 0 aliphatic rings. The molecule has 0 saturated carbocycles. The Balaban J connectivity index is 2.56. The number of hydrogen-bond donors (Lipinski definition) is 1. The molecule has 0 spiro atoms. The number of rotatable bonds is 2. The van der Waals surface area contributed by atoms with E-state index < -0.39 is 0 Å². The second-order valence-electron chi connectivity index (χ2n) is 3.87. The molecule has 0 aliphatic heterocycles. The first kappa shape index (κ1) is 10.8. The first-order valence-corrected chi connectivity index (χ1v) is 5.13. The number of halogens is 1. The minimum atomic E-state index is -0.256. The molecule has 0 radical (unpaired) electrons. The van der Waals surface area contributed by atoms with Crippen LogP contribution in [0.3, 0.4) is 0 Å². The molecular formula is C12H14FN3. The highest BCUT2D eigenvalue weighted by Crippen LogP contribution is 2.25. The zero-order chi connectivity index (χ0) is 11.7. The van der Waals surface area contributed by atoms with E-state index in [0.717, 1.165) is 11.3 Å². The van der Waals surface area contributed by atoms with Crippen molar-refractivity contribution in [1.29, 1.82) is 0 Å². The van der Waals surface area contributed by atoms with Crippen LogP contribution in [-0.4, -0.2) is 9.78 Å². The summed E-state index contributed by atoms with van der Waals surface area (Å²) in [6.07, 6.45) is 1.65. The Labute approximate surface area is 93.7 Å². The van der Waals surface area contributed by atoms with Crippen molar-refractivity contribution in [1.82, 2.24) is 9.78 Å². The normalized spacial score (nSPS) is 12.8. The zero-order valence-electron chi connectivity index (χ0n) is 9.31. The van der Waals surface area contributed by atoms with Crippen LogP contribution in [0.2, 0.25) is 0 Å². The molecule has 2 rings (SSSR count). The van der Waals surface area contributed by atoms with Crippen molar-refractivity contribution in [3.05, 3.63) is 41.8 Å². The Morgan fingerprint density at radius 3 is 2.69 bits per heavy atom. The molecule has 1 unspecified atom stereocenters. The lowest BCUT2D eigenvalue weighted by molar-refractivity contribution is 0.626. The molecule has 1 heterocycles. The summed E-state index contributed by atoms with van der Waals surface area (Å²) in [6.45, 7) is 1.88. The smallest absolute Gasteiger partial charge is 0.132 e. The summed E-state index contributed by atoms with van der Waals surface area (Å²) in [4.78, 5) is 0. The molecule has 4 heteroatoms. The predicted octanol–water partition coefficient (Wildman–Crippen LogP) is 2.25. The molecule has 2 aromatic rings. The van der Waals surface area contributed by atoms with Gasteiger partial charge in [0.25, 0.3) is 0 Å². The third-order valence-corrected chi connectivity index (χ3v) is 2.61. The maximum atomic E-state index is 13.7. The molecule has 0 amide bonds. The number of aromatic nitrogens is 2. The third-order valence-electron chi connectivity index (χ3n) is 2.61. The molecule has 0 saturated heterocycles. The maximum Gasteiger partial charge on any atom is 0.132 e. The van der Waals surface area contributed by atoms with Gasteiger partial charge in [-0.3, -0.25) is 4.68 Å². The minimum Gasteiger partial charge on any atom is -0.324 e. The quantitative estimate of drug-likeness (QED) is 0.841. The fraction of sp³-hybridized carbons (Fsp3) is 0.250. The largest absolute Gasteiger partial charge is 0.324 e. The van der Waals surface area contributed by atoms with Gasteiger partial charge in [-0.15, -0.1) is 0 Å². The van der Waals surface area contributed by atoms with Gasteiger partial charge in [-0.25, -0.2) is 4.39 Å². The molecule has 16 heavy (non-hydrogen) atoms. The molecule has 1 atom stereocenters. The van der Waals surface area contributed by atoms with Gasteiger partial charge in [-0.05, 0) is 30.7 Å². The van der Waals surface area contributed by atoms with Gasteiger partial charge in [0.1, 0.15) is 5.82 Å². The van der Waals surface area contributed by atoms with Crippen molar-refractivity contribution in [2.75, 3.05) is 0 Å². The van der Waals surface area contributed by atoms with Gasteiger partial charge in [-0.1, -0.05) is 6.07 Å². The van der Waals surface area contributed by atoms with E-state index in [0.29, 0.717) is 5.56 Å². The van der Waals surface area contributed by atoms with Gasteiger partial charge in [0.05, 0.1) is 5.69 Å². The van der Waals surface area contributed by atoms with Crippen LogP contribution in [0.5, 0.6) is 0 Å². The van der Waals surface area contributed by atoms with Gasteiger partial charge in [-0.2, -0.15) is 5.10 Å². The van der Waals surface area contributed by atoms with Crippen molar-refractivity contribution in [3.63, 3.8) is 0 Å². The van der Waals surface area contributed by atoms with Crippen molar-refractivity contribution in [3.8, 4) is 11.3 Å². The van der Waals surface area contributed by atoms with E-state index in [-0.39, 0.29) is 11.9 Å². The highest BCUT2D eigenvalue weighted by atomic mass is 19.1. The molecule has 0 fully saturated rings. The van der Waals surface area contributed by atoms with Crippen LogP contribution in [0.25, 0.3) is 11.3 Å². The van der Waals surface area contributed by atoms with Gasteiger partial charge >= 0.3 is 0 Å². The standard InChI is InChI=1S/C12H14FN3/c1-8(14)9-3-4-11(13)10(7-9)12-5-6-15-16(12)2/h3-8H,14H2,1-2H3. The zero-order valence-corrected chi connectivity index (χ0v) is 9.31. The van der Waals surface area contributed by atoms with E-state index in [2.05, 4.69) is 5.10 Å². The summed E-state index contributed by atoms with van der Waals surface area (Å²) in [6, 6.07) is 6.61. The average Bonchev–Trinajstić information content (AvgIpc) is 2.65. The van der Waals surface area contributed by atoms with Crippen LogP contribution in [0.1, 0.15) is 18.5 Å².